The zero-order chi connectivity index (χ0) is 30.3. The Morgan fingerprint density at radius 1 is 0.590 bits per heavy atom. The average Bonchev–Trinajstić information content (AvgIpc) is 2.88. The third kappa shape index (κ3) is 41.0. The SMILES string of the molecule is CC/C(CCCCCC(C)C)=N\O.CCC(=O)NCCCCCC(C)C.CCNC(=O)CCCCCC(C)C. The van der Waals surface area contributed by atoms with Crippen LogP contribution in [-0.2, 0) is 9.59 Å². The number of carbonyl (C=O) groups is 2. The van der Waals surface area contributed by atoms with Crippen molar-refractivity contribution in [3.63, 3.8) is 0 Å². The van der Waals surface area contributed by atoms with Crippen molar-refractivity contribution in [3.8, 4) is 0 Å². The van der Waals surface area contributed by atoms with Crippen LogP contribution in [0, 0.1) is 17.8 Å². The summed E-state index contributed by atoms with van der Waals surface area (Å²) in [6.45, 7) is 21.0. The van der Waals surface area contributed by atoms with Crippen molar-refractivity contribution in [2.45, 2.75) is 165 Å². The summed E-state index contributed by atoms with van der Waals surface area (Å²) in [6, 6.07) is 0. The second-order valence-electron chi connectivity index (χ2n) is 11.9. The molecule has 0 heterocycles. The van der Waals surface area contributed by atoms with Crippen LogP contribution in [0.3, 0.4) is 0 Å². The molecular weight excluding hydrogens is 486 g/mol. The first kappa shape index (κ1) is 41.9. The molecule has 0 aromatic heterocycles. The molecule has 6 nitrogen and oxygen atoms in total. The lowest BCUT2D eigenvalue weighted by Crippen LogP contribution is -2.23. The normalized spacial score (nSPS) is 11.1. The first-order chi connectivity index (χ1) is 18.5. The highest BCUT2D eigenvalue weighted by Gasteiger charge is 2.00. The van der Waals surface area contributed by atoms with Crippen LogP contribution >= 0.6 is 0 Å². The van der Waals surface area contributed by atoms with Gasteiger partial charge in [-0.3, -0.25) is 9.59 Å². The van der Waals surface area contributed by atoms with Crippen LogP contribution < -0.4 is 10.6 Å². The molecule has 0 aliphatic heterocycles. The van der Waals surface area contributed by atoms with Gasteiger partial charge in [-0.15, -0.1) is 0 Å². The minimum Gasteiger partial charge on any atom is -0.411 e. The predicted molar refractivity (Wildman–Crippen MR) is 171 cm³/mol. The Kier molecular flexibility index (Phi) is 35.0. The van der Waals surface area contributed by atoms with Gasteiger partial charge in [0, 0.05) is 25.9 Å². The molecule has 0 aliphatic carbocycles. The summed E-state index contributed by atoms with van der Waals surface area (Å²) < 4.78 is 0. The molecule has 0 fully saturated rings. The number of carbonyl (C=O) groups excluding carboxylic acids is 2. The number of hydrogen-bond acceptors (Lipinski definition) is 4. The number of amides is 2. The number of unbranched alkanes of at least 4 members (excludes halogenated alkanes) is 6. The fraction of sp³-hybridized carbons (Fsp3) is 0.909. The van der Waals surface area contributed by atoms with E-state index >= 15 is 0 Å². The topological polar surface area (TPSA) is 90.8 Å². The van der Waals surface area contributed by atoms with E-state index in [0.717, 1.165) is 62.2 Å². The second kappa shape index (κ2) is 32.6. The van der Waals surface area contributed by atoms with E-state index in [-0.39, 0.29) is 11.8 Å². The molecule has 0 saturated carbocycles. The van der Waals surface area contributed by atoms with Crippen LogP contribution in [-0.4, -0.2) is 35.8 Å². The van der Waals surface area contributed by atoms with E-state index in [1.807, 2.05) is 20.8 Å². The van der Waals surface area contributed by atoms with Crippen molar-refractivity contribution in [2.75, 3.05) is 13.1 Å². The summed E-state index contributed by atoms with van der Waals surface area (Å²) in [7, 11) is 0. The molecule has 3 N–H and O–H groups in total. The van der Waals surface area contributed by atoms with Gasteiger partial charge in [-0.25, -0.2) is 0 Å². The Morgan fingerprint density at radius 3 is 1.44 bits per heavy atom. The van der Waals surface area contributed by atoms with Crippen LogP contribution in [0.25, 0.3) is 0 Å². The molecule has 0 aromatic rings. The van der Waals surface area contributed by atoms with Gasteiger partial charge in [-0.1, -0.05) is 118 Å². The summed E-state index contributed by atoms with van der Waals surface area (Å²) in [5.41, 5.74) is 0.935. The molecule has 0 rings (SSSR count). The molecule has 0 atom stereocenters. The molecule has 39 heavy (non-hydrogen) atoms. The van der Waals surface area contributed by atoms with Gasteiger partial charge in [0.1, 0.15) is 0 Å². The number of nitrogens with one attached hydrogen (secondary N) is 2. The summed E-state index contributed by atoms with van der Waals surface area (Å²) in [5.74, 6) is 2.79. The van der Waals surface area contributed by atoms with Crippen molar-refractivity contribution in [1.29, 1.82) is 0 Å². The highest BCUT2D eigenvalue weighted by molar-refractivity contribution is 5.83. The van der Waals surface area contributed by atoms with Gasteiger partial charge < -0.3 is 15.8 Å². The molecular formula is C33H69N3O3. The van der Waals surface area contributed by atoms with Gasteiger partial charge in [-0.05, 0) is 56.8 Å². The minimum atomic E-state index is 0.170. The van der Waals surface area contributed by atoms with Gasteiger partial charge in [0.25, 0.3) is 0 Å². The van der Waals surface area contributed by atoms with Gasteiger partial charge in [0.05, 0.1) is 5.71 Å². The molecule has 0 aromatic carbocycles. The van der Waals surface area contributed by atoms with Gasteiger partial charge in [0.2, 0.25) is 11.8 Å². The van der Waals surface area contributed by atoms with E-state index in [1.165, 1.54) is 64.2 Å². The molecule has 0 unspecified atom stereocenters. The zero-order valence-corrected chi connectivity index (χ0v) is 27.7. The fourth-order valence-electron chi connectivity index (χ4n) is 3.86. The maximum absolute atomic E-state index is 11.0. The summed E-state index contributed by atoms with van der Waals surface area (Å²) in [5, 5.41) is 17.5. The number of hydrogen-bond donors (Lipinski definition) is 3. The van der Waals surface area contributed by atoms with E-state index in [0.29, 0.717) is 12.8 Å². The smallest absolute Gasteiger partial charge is 0.219 e. The fourth-order valence-corrected chi connectivity index (χ4v) is 3.86. The van der Waals surface area contributed by atoms with Gasteiger partial charge in [0.15, 0.2) is 0 Å². The monoisotopic (exact) mass is 556 g/mol. The molecule has 0 aliphatic rings. The Labute approximate surface area is 243 Å². The van der Waals surface area contributed by atoms with Crippen molar-refractivity contribution < 1.29 is 14.8 Å². The van der Waals surface area contributed by atoms with Gasteiger partial charge in [-0.2, -0.15) is 0 Å². The lowest BCUT2D eigenvalue weighted by Gasteiger charge is -2.05. The number of nitrogens with zero attached hydrogens (tertiary/aromatic N) is 1. The number of rotatable bonds is 21. The van der Waals surface area contributed by atoms with Crippen molar-refractivity contribution in [1.82, 2.24) is 10.6 Å². The Bertz CT molecular complexity index is 560. The van der Waals surface area contributed by atoms with Crippen molar-refractivity contribution in [2.24, 2.45) is 22.9 Å². The maximum atomic E-state index is 11.0. The van der Waals surface area contributed by atoms with Crippen LogP contribution in [0.4, 0.5) is 0 Å². The third-order valence-corrected chi connectivity index (χ3v) is 6.46. The molecule has 0 saturated heterocycles. The first-order valence-electron chi connectivity index (χ1n) is 16.3. The van der Waals surface area contributed by atoms with E-state index in [1.54, 1.807) is 0 Å². The van der Waals surface area contributed by atoms with E-state index in [2.05, 4.69) is 57.3 Å². The summed E-state index contributed by atoms with van der Waals surface area (Å²) in [4.78, 5) is 21.9. The Hall–Kier alpha value is -1.59. The van der Waals surface area contributed by atoms with Crippen molar-refractivity contribution in [3.05, 3.63) is 0 Å². The average molecular weight is 556 g/mol. The molecule has 0 radical (unpaired) electrons. The van der Waals surface area contributed by atoms with Crippen LogP contribution in [0.2, 0.25) is 0 Å². The second-order valence-corrected chi connectivity index (χ2v) is 11.9. The van der Waals surface area contributed by atoms with E-state index < -0.39 is 0 Å². The van der Waals surface area contributed by atoms with E-state index in [9.17, 15) is 9.59 Å². The highest BCUT2D eigenvalue weighted by Crippen LogP contribution is 2.11. The summed E-state index contributed by atoms with van der Waals surface area (Å²) >= 11 is 0. The first-order valence-corrected chi connectivity index (χ1v) is 16.3. The largest absolute Gasteiger partial charge is 0.411 e. The minimum absolute atomic E-state index is 0.170. The summed E-state index contributed by atoms with van der Waals surface area (Å²) in [6.07, 6.45) is 17.9. The standard InChI is InChI=1S/3C11H23NO/c1-4-12-11(13)9-7-5-6-8-10(2)3;1-4-11(13)12-9-7-5-6-8-10(2)3;1-4-11(12-13)9-7-5-6-8-10(2)3/h2*10H,4-9H2,1-3H3,(H,12,13);10,13H,4-9H2,1-3H3/b;;12-11+. The van der Waals surface area contributed by atoms with Crippen LogP contribution in [0.5, 0.6) is 0 Å². The van der Waals surface area contributed by atoms with Crippen molar-refractivity contribution >= 4 is 17.5 Å². The van der Waals surface area contributed by atoms with E-state index in [4.69, 9.17) is 5.21 Å². The lowest BCUT2D eigenvalue weighted by molar-refractivity contribution is -0.121. The number of oxime groups is 1. The lowest BCUT2D eigenvalue weighted by atomic mass is 10.0. The van der Waals surface area contributed by atoms with Crippen LogP contribution in [0.15, 0.2) is 5.16 Å². The zero-order valence-electron chi connectivity index (χ0n) is 27.7. The molecule has 2 amide bonds. The molecule has 6 heteroatoms. The third-order valence-electron chi connectivity index (χ3n) is 6.46. The highest BCUT2D eigenvalue weighted by atomic mass is 16.4. The molecule has 234 valence electrons. The van der Waals surface area contributed by atoms with Gasteiger partial charge >= 0.3 is 0 Å². The maximum Gasteiger partial charge on any atom is 0.219 e. The van der Waals surface area contributed by atoms with Crippen LogP contribution in [0.1, 0.15) is 165 Å². The Morgan fingerprint density at radius 2 is 1.05 bits per heavy atom. The quantitative estimate of drug-likeness (QED) is 0.0570. The molecule has 0 spiro atoms. The Balaban J connectivity index is -0.000000498. The molecule has 0 bridgehead atoms. The predicted octanol–water partition coefficient (Wildman–Crippen LogP) is 9.29.